The third kappa shape index (κ3) is 8.21. The Morgan fingerprint density at radius 3 is 2.57 bits per heavy atom. The maximum Gasteiger partial charge on any atom is 0.0701 e. The average molecular weight is 298 g/mol. The fourth-order valence-corrected chi connectivity index (χ4v) is 1.97. The van der Waals surface area contributed by atoms with Crippen LogP contribution >= 0.6 is 0 Å². The molecular weight excluding hydrogens is 268 g/mol. The van der Waals surface area contributed by atoms with E-state index in [1.165, 1.54) is 5.56 Å². The number of hydrogen-bond donors (Lipinski definition) is 1. The van der Waals surface area contributed by atoms with E-state index in [4.69, 9.17) is 14.2 Å². The van der Waals surface area contributed by atoms with Crippen molar-refractivity contribution in [2.24, 2.45) is 0 Å². The van der Waals surface area contributed by atoms with Gasteiger partial charge in [-0.05, 0) is 31.5 Å². The molecule has 0 fully saturated rings. The van der Waals surface area contributed by atoms with E-state index in [9.17, 15) is 0 Å². The van der Waals surface area contributed by atoms with Crippen molar-refractivity contribution < 1.29 is 14.2 Å². The second kappa shape index (κ2) is 11.7. The summed E-state index contributed by atoms with van der Waals surface area (Å²) in [6.07, 6.45) is 5.45. The van der Waals surface area contributed by atoms with E-state index < -0.39 is 0 Å². The highest BCUT2D eigenvalue weighted by Crippen LogP contribution is 2.12. The van der Waals surface area contributed by atoms with Crippen molar-refractivity contribution in [2.75, 3.05) is 46.7 Å². The SMILES string of the molecule is CCCNC(C)c1ccn(CCOCCOCCOC)c1. The van der Waals surface area contributed by atoms with Crippen LogP contribution in [-0.4, -0.2) is 51.3 Å². The number of nitrogens with one attached hydrogen (secondary N) is 1. The Morgan fingerprint density at radius 2 is 1.86 bits per heavy atom. The molecule has 0 radical (unpaired) electrons. The smallest absolute Gasteiger partial charge is 0.0701 e. The van der Waals surface area contributed by atoms with Crippen LogP contribution in [0, 0.1) is 0 Å². The van der Waals surface area contributed by atoms with Crippen LogP contribution in [0.2, 0.25) is 0 Å². The third-order valence-electron chi connectivity index (χ3n) is 3.27. The van der Waals surface area contributed by atoms with E-state index in [0.717, 1.165) is 19.5 Å². The van der Waals surface area contributed by atoms with Gasteiger partial charge in [-0.3, -0.25) is 0 Å². The lowest BCUT2D eigenvalue weighted by Gasteiger charge is -2.11. The quantitative estimate of drug-likeness (QED) is 0.567. The minimum atomic E-state index is 0.404. The summed E-state index contributed by atoms with van der Waals surface area (Å²) < 4.78 is 18.0. The number of nitrogens with zero attached hydrogens (tertiary/aromatic N) is 1. The van der Waals surface area contributed by atoms with E-state index in [-0.39, 0.29) is 0 Å². The highest BCUT2D eigenvalue weighted by atomic mass is 16.5. The predicted molar refractivity (Wildman–Crippen MR) is 84.7 cm³/mol. The van der Waals surface area contributed by atoms with E-state index in [0.29, 0.717) is 39.1 Å². The zero-order valence-electron chi connectivity index (χ0n) is 13.6. The molecule has 0 aliphatic heterocycles. The Labute approximate surface area is 128 Å². The highest BCUT2D eigenvalue weighted by Gasteiger charge is 2.05. The molecule has 21 heavy (non-hydrogen) atoms. The van der Waals surface area contributed by atoms with Crippen LogP contribution in [0.4, 0.5) is 0 Å². The first-order valence-electron chi connectivity index (χ1n) is 7.81. The van der Waals surface area contributed by atoms with E-state index >= 15 is 0 Å². The fraction of sp³-hybridized carbons (Fsp3) is 0.750. The Balaban J connectivity index is 2.09. The lowest BCUT2D eigenvalue weighted by Crippen LogP contribution is -2.18. The van der Waals surface area contributed by atoms with Crippen molar-refractivity contribution in [1.29, 1.82) is 0 Å². The zero-order valence-corrected chi connectivity index (χ0v) is 13.6. The molecule has 122 valence electrons. The molecule has 1 heterocycles. The van der Waals surface area contributed by atoms with Gasteiger partial charge in [-0.15, -0.1) is 0 Å². The number of aromatic nitrogens is 1. The Bertz CT molecular complexity index is 355. The van der Waals surface area contributed by atoms with Crippen LogP contribution in [0.15, 0.2) is 18.5 Å². The van der Waals surface area contributed by atoms with Gasteiger partial charge in [0.15, 0.2) is 0 Å². The van der Waals surface area contributed by atoms with Crippen LogP contribution < -0.4 is 5.32 Å². The van der Waals surface area contributed by atoms with Gasteiger partial charge < -0.3 is 24.1 Å². The number of ether oxygens (including phenoxy) is 3. The zero-order chi connectivity index (χ0) is 15.3. The molecule has 0 aromatic carbocycles. The summed E-state index contributed by atoms with van der Waals surface area (Å²) in [7, 11) is 1.67. The molecule has 1 N–H and O–H groups in total. The van der Waals surface area contributed by atoms with Crippen LogP contribution in [0.3, 0.4) is 0 Å². The first-order chi connectivity index (χ1) is 10.3. The fourth-order valence-electron chi connectivity index (χ4n) is 1.97. The molecular formula is C16H30N2O3. The lowest BCUT2D eigenvalue weighted by molar-refractivity contribution is 0.0230. The molecule has 0 aliphatic rings. The van der Waals surface area contributed by atoms with Gasteiger partial charge in [0, 0.05) is 32.1 Å². The van der Waals surface area contributed by atoms with Crippen molar-refractivity contribution in [3.05, 3.63) is 24.0 Å². The number of hydrogen-bond acceptors (Lipinski definition) is 4. The number of methoxy groups -OCH3 is 1. The summed E-state index contributed by atoms with van der Waals surface area (Å²) in [6, 6.07) is 2.57. The first kappa shape index (κ1) is 18.2. The van der Waals surface area contributed by atoms with Crippen LogP contribution in [0.1, 0.15) is 31.9 Å². The molecule has 1 atom stereocenters. The minimum Gasteiger partial charge on any atom is -0.382 e. The van der Waals surface area contributed by atoms with E-state index in [2.05, 4.69) is 42.2 Å². The Hall–Kier alpha value is -0.880. The van der Waals surface area contributed by atoms with Gasteiger partial charge in [0.05, 0.1) is 33.0 Å². The molecule has 0 saturated heterocycles. The molecule has 1 unspecified atom stereocenters. The second-order valence-corrected chi connectivity index (χ2v) is 5.08. The van der Waals surface area contributed by atoms with Gasteiger partial charge in [0.2, 0.25) is 0 Å². The van der Waals surface area contributed by atoms with Gasteiger partial charge in [0.1, 0.15) is 0 Å². The molecule has 0 saturated carbocycles. The maximum absolute atomic E-state index is 5.55. The average Bonchev–Trinajstić information content (AvgIpc) is 2.96. The lowest BCUT2D eigenvalue weighted by atomic mass is 10.2. The van der Waals surface area contributed by atoms with Gasteiger partial charge in [-0.2, -0.15) is 0 Å². The highest BCUT2D eigenvalue weighted by molar-refractivity contribution is 5.14. The summed E-state index contributed by atoms with van der Waals surface area (Å²) in [6.45, 7) is 9.53. The monoisotopic (exact) mass is 298 g/mol. The van der Waals surface area contributed by atoms with Crippen molar-refractivity contribution >= 4 is 0 Å². The molecule has 5 heteroatoms. The normalized spacial score (nSPS) is 12.7. The molecule has 0 spiro atoms. The van der Waals surface area contributed by atoms with Gasteiger partial charge in [-0.1, -0.05) is 6.92 Å². The minimum absolute atomic E-state index is 0.404. The van der Waals surface area contributed by atoms with Crippen molar-refractivity contribution in [2.45, 2.75) is 32.9 Å². The van der Waals surface area contributed by atoms with Crippen LogP contribution in [0.5, 0.6) is 0 Å². The Kier molecular flexibility index (Phi) is 10.2. The first-order valence-corrected chi connectivity index (χ1v) is 7.81. The predicted octanol–water partition coefficient (Wildman–Crippen LogP) is 2.23. The van der Waals surface area contributed by atoms with Gasteiger partial charge in [-0.25, -0.2) is 0 Å². The van der Waals surface area contributed by atoms with Crippen molar-refractivity contribution in [1.82, 2.24) is 9.88 Å². The molecule has 0 amide bonds. The molecule has 0 bridgehead atoms. The summed E-state index contributed by atoms with van der Waals surface area (Å²) in [5.74, 6) is 0. The molecule has 1 aromatic rings. The summed E-state index contributed by atoms with van der Waals surface area (Å²) in [5.41, 5.74) is 1.33. The summed E-state index contributed by atoms with van der Waals surface area (Å²) in [5, 5.41) is 3.49. The van der Waals surface area contributed by atoms with Crippen LogP contribution in [0.25, 0.3) is 0 Å². The van der Waals surface area contributed by atoms with Gasteiger partial charge >= 0.3 is 0 Å². The third-order valence-corrected chi connectivity index (χ3v) is 3.27. The van der Waals surface area contributed by atoms with Gasteiger partial charge in [0.25, 0.3) is 0 Å². The molecule has 1 aromatic heterocycles. The summed E-state index contributed by atoms with van der Waals surface area (Å²) in [4.78, 5) is 0. The molecule has 0 aliphatic carbocycles. The second-order valence-electron chi connectivity index (χ2n) is 5.08. The largest absolute Gasteiger partial charge is 0.382 e. The Morgan fingerprint density at radius 1 is 1.14 bits per heavy atom. The van der Waals surface area contributed by atoms with Crippen LogP contribution in [-0.2, 0) is 20.8 Å². The van der Waals surface area contributed by atoms with Crippen molar-refractivity contribution in [3.63, 3.8) is 0 Å². The topological polar surface area (TPSA) is 44.7 Å². The number of rotatable bonds is 13. The molecule has 1 rings (SSSR count). The van der Waals surface area contributed by atoms with E-state index in [1.807, 2.05) is 0 Å². The molecule has 5 nitrogen and oxygen atoms in total. The maximum atomic E-state index is 5.55. The summed E-state index contributed by atoms with van der Waals surface area (Å²) >= 11 is 0. The van der Waals surface area contributed by atoms with E-state index in [1.54, 1.807) is 7.11 Å². The van der Waals surface area contributed by atoms with Crippen molar-refractivity contribution in [3.8, 4) is 0 Å². The standard InChI is InChI=1S/C16H30N2O3/c1-4-6-17-15(2)16-5-7-18(14-16)8-9-20-12-13-21-11-10-19-3/h5,7,14-15,17H,4,6,8-13H2,1-3H3.